The molecule has 0 aliphatic carbocycles. The summed E-state index contributed by atoms with van der Waals surface area (Å²) >= 11 is 0. The van der Waals surface area contributed by atoms with E-state index in [2.05, 4.69) is 5.32 Å². The monoisotopic (exact) mass is 570 g/mol. The van der Waals surface area contributed by atoms with E-state index in [1.165, 1.54) is 67.7 Å². The van der Waals surface area contributed by atoms with Crippen LogP contribution < -0.4 is 19.1 Å². The van der Waals surface area contributed by atoms with Crippen LogP contribution in [0.25, 0.3) is 22.3 Å². The van der Waals surface area contributed by atoms with Crippen molar-refractivity contribution < 1.29 is 41.4 Å². The average molecular weight is 571 g/mol. The molecular formula is C28H27FN2O8S. The number of carbonyl (C=O) groups excluding carboxylic acids is 1. The van der Waals surface area contributed by atoms with E-state index in [9.17, 15) is 27.5 Å². The third kappa shape index (κ3) is 6.18. The second-order valence-corrected chi connectivity index (χ2v) is 11.1. The van der Waals surface area contributed by atoms with Gasteiger partial charge in [-0.1, -0.05) is 12.1 Å². The number of furan rings is 1. The van der Waals surface area contributed by atoms with E-state index in [-0.39, 0.29) is 46.7 Å². The highest BCUT2D eigenvalue weighted by Crippen LogP contribution is 2.45. The number of benzene rings is 3. The largest absolute Gasteiger partial charge is 0.489 e. The van der Waals surface area contributed by atoms with E-state index in [0.29, 0.717) is 16.5 Å². The molecular weight excluding hydrogens is 543 g/mol. The van der Waals surface area contributed by atoms with Crippen LogP contribution in [0.1, 0.15) is 29.8 Å². The molecule has 0 saturated heterocycles. The number of nitrogens with zero attached hydrogens (tertiary/aromatic N) is 1. The van der Waals surface area contributed by atoms with Crippen molar-refractivity contribution in [2.75, 3.05) is 17.6 Å². The smallest absolute Gasteiger partial charge is 0.412 e. The van der Waals surface area contributed by atoms with Crippen molar-refractivity contribution in [2.24, 2.45) is 0 Å². The van der Waals surface area contributed by atoms with E-state index in [4.69, 9.17) is 13.9 Å². The highest BCUT2D eigenvalue weighted by atomic mass is 32.2. The molecule has 1 heterocycles. The number of carbonyl (C=O) groups is 2. The number of amides is 1. The van der Waals surface area contributed by atoms with Crippen molar-refractivity contribution in [3.8, 4) is 22.8 Å². The molecule has 0 atom stereocenters. The molecule has 1 aromatic heterocycles. The van der Waals surface area contributed by atoms with Crippen molar-refractivity contribution in [3.63, 3.8) is 0 Å². The fourth-order valence-electron chi connectivity index (χ4n) is 3.97. The Morgan fingerprint density at radius 1 is 1.07 bits per heavy atom. The third-order valence-electron chi connectivity index (χ3n) is 5.79. The Morgan fingerprint density at radius 3 is 2.27 bits per heavy atom. The van der Waals surface area contributed by atoms with Crippen LogP contribution in [-0.4, -0.2) is 45.0 Å². The molecule has 0 fully saturated rings. The van der Waals surface area contributed by atoms with Gasteiger partial charge in [0.2, 0.25) is 10.0 Å². The van der Waals surface area contributed by atoms with Gasteiger partial charge in [0.25, 0.3) is 0 Å². The van der Waals surface area contributed by atoms with Crippen LogP contribution in [0.15, 0.2) is 65.1 Å². The van der Waals surface area contributed by atoms with E-state index in [1.54, 1.807) is 13.8 Å². The molecule has 0 aliphatic rings. The van der Waals surface area contributed by atoms with Gasteiger partial charge in [0, 0.05) is 18.7 Å². The maximum absolute atomic E-state index is 13.6. The highest BCUT2D eigenvalue weighted by Gasteiger charge is 2.28. The summed E-state index contributed by atoms with van der Waals surface area (Å²) in [5, 5.41) is 11.9. The maximum Gasteiger partial charge on any atom is 0.412 e. The summed E-state index contributed by atoms with van der Waals surface area (Å²) in [7, 11) is -2.50. The molecule has 40 heavy (non-hydrogen) atoms. The summed E-state index contributed by atoms with van der Waals surface area (Å²) in [4.78, 5) is 23.4. The minimum Gasteiger partial charge on any atom is -0.489 e. The summed E-state index contributed by atoms with van der Waals surface area (Å²) in [5.74, 6) is -1.24. The molecule has 1 amide bonds. The summed E-state index contributed by atoms with van der Waals surface area (Å²) in [6.07, 6.45) is -0.1000. The molecule has 4 aromatic rings. The number of fused-ring (bicyclic) bond motifs is 1. The normalized spacial score (nSPS) is 11.4. The van der Waals surface area contributed by atoms with Gasteiger partial charge in [-0.2, -0.15) is 0 Å². The topological polar surface area (TPSA) is 135 Å². The number of anilines is 1. The average Bonchev–Trinajstić information content (AvgIpc) is 3.23. The van der Waals surface area contributed by atoms with E-state index < -0.39 is 27.9 Å². The lowest BCUT2D eigenvalue weighted by molar-refractivity contribution is 0.0696. The molecule has 0 unspecified atom stereocenters. The SMILES string of the molecule is CNC(=O)Oc1c(-c2ccc(F)cc2)oc2cc(N(Cc3ccc(C(=O)O)cc3)S(C)(=O)=O)c(OC(C)C)cc12. The van der Waals surface area contributed by atoms with Gasteiger partial charge in [0.15, 0.2) is 11.5 Å². The Morgan fingerprint density at radius 2 is 1.73 bits per heavy atom. The van der Waals surface area contributed by atoms with Gasteiger partial charge in [-0.15, -0.1) is 0 Å². The fourth-order valence-corrected chi connectivity index (χ4v) is 4.85. The van der Waals surface area contributed by atoms with Gasteiger partial charge in [-0.25, -0.2) is 22.4 Å². The summed E-state index contributed by atoms with van der Waals surface area (Å²) in [6, 6.07) is 14.2. The molecule has 4 rings (SSSR count). The quantitative estimate of drug-likeness (QED) is 0.273. The van der Waals surface area contributed by atoms with Crippen LogP contribution >= 0.6 is 0 Å². The Kier molecular flexibility index (Phi) is 8.01. The standard InChI is InChI=1S/C28H27FN2O8S/c1-16(2)37-24-13-21-23(38-25(26(21)39-28(34)30-3)18-9-11-20(29)12-10-18)14-22(24)31(40(4,35)36)15-17-5-7-19(8-6-17)27(32)33/h5-14,16H,15H2,1-4H3,(H,30,34)(H,32,33). The Balaban J connectivity index is 1.92. The van der Waals surface area contributed by atoms with Crippen molar-refractivity contribution in [2.45, 2.75) is 26.5 Å². The third-order valence-corrected chi connectivity index (χ3v) is 6.91. The lowest BCUT2D eigenvalue weighted by Crippen LogP contribution is -2.30. The molecule has 0 bridgehead atoms. The second kappa shape index (κ2) is 11.3. The lowest BCUT2D eigenvalue weighted by atomic mass is 10.1. The Bertz CT molecular complexity index is 1660. The van der Waals surface area contributed by atoms with Gasteiger partial charge in [0.05, 0.1) is 35.5 Å². The van der Waals surface area contributed by atoms with Gasteiger partial charge in [-0.05, 0) is 61.9 Å². The van der Waals surface area contributed by atoms with Crippen LogP contribution in [0.4, 0.5) is 14.9 Å². The first-order valence-corrected chi connectivity index (χ1v) is 13.9. The fraction of sp³-hybridized carbons (Fsp3) is 0.214. The van der Waals surface area contributed by atoms with Gasteiger partial charge < -0.3 is 24.3 Å². The van der Waals surface area contributed by atoms with Gasteiger partial charge in [0.1, 0.15) is 17.1 Å². The van der Waals surface area contributed by atoms with Gasteiger partial charge >= 0.3 is 12.1 Å². The molecule has 0 spiro atoms. The van der Waals surface area contributed by atoms with Crippen molar-refractivity contribution in [1.82, 2.24) is 5.32 Å². The number of carboxylic acids is 1. The first-order valence-electron chi connectivity index (χ1n) is 12.1. The predicted molar refractivity (Wildman–Crippen MR) is 147 cm³/mol. The van der Waals surface area contributed by atoms with Crippen molar-refractivity contribution in [3.05, 3.63) is 77.6 Å². The first-order chi connectivity index (χ1) is 18.9. The minimum absolute atomic E-state index is 0.0382. The van der Waals surface area contributed by atoms with Crippen LogP contribution in [-0.2, 0) is 16.6 Å². The lowest BCUT2D eigenvalue weighted by Gasteiger charge is -2.26. The first kappa shape index (κ1) is 28.4. The maximum atomic E-state index is 13.6. The van der Waals surface area contributed by atoms with Crippen LogP contribution in [0.5, 0.6) is 11.5 Å². The summed E-state index contributed by atoms with van der Waals surface area (Å²) < 4.78 is 58.3. The number of rotatable bonds is 9. The van der Waals surface area contributed by atoms with Crippen LogP contribution in [0.2, 0.25) is 0 Å². The number of nitrogens with one attached hydrogen (secondary N) is 1. The molecule has 0 saturated carbocycles. The van der Waals surface area contributed by atoms with Crippen molar-refractivity contribution in [1.29, 1.82) is 0 Å². The summed E-state index contributed by atoms with van der Waals surface area (Å²) in [6.45, 7) is 3.40. The molecule has 210 valence electrons. The summed E-state index contributed by atoms with van der Waals surface area (Å²) in [5.41, 5.74) is 1.34. The molecule has 0 radical (unpaired) electrons. The zero-order valence-electron chi connectivity index (χ0n) is 22.1. The molecule has 10 nitrogen and oxygen atoms in total. The zero-order chi connectivity index (χ0) is 29.2. The van der Waals surface area contributed by atoms with Gasteiger partial charge in [-0.3, -0.25) is 4.31 Å². The second-order valence-electron chi connectivity index (χ2n) is 9.16. The number of ether oxygens (including phenoxy) is 2. The predicted octanol–water partition coefficient (Wildman–Crippen LogP) is 5.41. The van der Waals surface area contributed by atoms with Crippen LogP contribution in [0, 0.1) is 5.82 Å². The number of aromatic carboxylic acids is 1. The number of sulfonamides is 1. The van der Waals surface area contributed by atoms with E-state index in [0.717, 1.165) is 10.6 Å². The zero-order valence-corrected chi connectivity index (χ0v) is 22.9. The Hall–Kier alpha value is -4.58. The minimum atomic E-state index is -3.89. The van der Waals surface area contributed by atoms with Crippen molar-refractivity contribution >= 4 is 38.7 Å². The number of hydrogen-bond acceptors (Lipinski definition) is 7. The molecule has 2 N–H and O–H groups in total. The highest BCUT2D eigenvalue weighted by molar-refractivity contribution is 7.92. The number of carboxylic acid groups (broad SMARTS) is 1. The molecule has 3 aromatic carbocycles. The van der Waals surface area contributed by atoms with E-state index >= 15 is 0 Å². The number of halogens is 1. The molecule has 0 aliphatic heterocycles. The van der Waals surface area contributed by atoms with Crippen LogP contribution in [0.3, 0.4) is 0 Å². The molecule has 12 heteroatoms. The van der Waals surface area contributed by atoms with E-state index in [1.807, 2.05) is 0 Å². The number of hydrogen-bond donors (Lipinski definition) is 2. The Labute approximate surface area is 230 Å².